The fourth-order valence-electron chi connectivity index (χ4n) is 1.30. The number of hydrogen-bond donors (Lipinski definition) is 2. The number of hydrogen-bond acceptors (Lipinski definition) is 4. The second kappa shape index (κ2) is 3.70. The van der Waals surface area contributed by atoms with Gasteiger partial charge in [0.25, 0.3) is 0 Å². The highest BCUT2D eigenvalue weighted by Crippen LogP contribution is 2.32. The highest BCUT2D eigenvalue weighted by Gasteiger charge is 2.23. The summed E-state index contributed by atoms with van der Waals surface area (Å²) in [6.45, 7) is 1.88. The number of halogens is 1. The fourth-order valence-corrected chi connectivity index (χ4v) is 1.69. The van der Waals surface area contributed by atoms with Crippen molar-refractivity contribution in [2.75, 3.05) is 11.1 Å². The zero-order valence-electron chi connectivity index (χ0n) is 8.34. The minimum Gasteiger partial charge on any atom is -0.395 e. The van der Waals surface area contributed by atoms with Crippen LogP contribution < -0.4 is 11.1 Å². The Bertz CT molecular complexity index is 446. The minimum absolute atomic E-state index is 0.379. The molecular formula is C10H11BrN4. The molecule has 1 heterocycles. The highest BCUT2D eigenvalue weighted by molar-refractivity contribution is 9.10. The van der Waals surface area contributed by atoms with Crippen molar-refractivity contribution in [3.05, 3.63) is 15.7 Å². The Morgan fingerprint density at radius 2 is 2.27 bits per heavy atom. The smallest absolute Gasteiger partial charge is 0.157 e. The molecule has 0 aromatic carbocycles. The quantitative estimate of drug-likeness (QED) is 0.861. The molecule has 1 fully saturated rings. The molecule has 2 rings (SSSR count). The lowest BCUT2D eigenvalue weighted by Gasteiger charge is -2.11. The number of nitrogens with two attached hydrogens (primary N) is 1. The van der Waals surface area contributed by atoms with Crippen molar-refractivity contribution < 1.29 is 0 Å². The van der Waals surface area contributed by atoms with Crippen molar-refractivity contribution in [1.29, 1.82) is 5.26 Å². The van der Waals surface area contributed by atoms with E-state index in [-0.39, 0.29) is 0 Å². The van der Waals surface area contributed by atoms with Crippen LogP contribution in [0.1, 0.15) is 24.1 Å². The molecule has 0 aliphatic heterocycles. The largest absolute Gasteiger partial charge is 0.395 e. The topological polar surface area (TPSA) is 74.7 Å². The number of rotatable bonds is 2. The van der Waals surface area contributed by atoms with Crippen LogP contribution in [0.15, 0.2) is 4.47 Å². The first-order chi connectivity index (χ1) is 7.13. The van der Waals surface area contributed by atoms with Crippen LogP contribution in [-0.2, 0) is 0 Å². The van der Waals surface area contributed by atoms with Crippen LogP contribution in [0.3, 0.4) is 0 Å². The summed E-state index contributed by atoms with van der Waals surface area (Å²) in [7, 11) is 0. The standard InChI is InChI=1S/C10H11BrN4/c1-5-8(11)7(4-12)15-10(9(5)13)14-6-2-3-6/h6H,2-3,13H2,1H3,(H,14,15). The molecule has 0 amide bonds. The number of anilines is 2. The van der Waals surface area contributed by atoms with Crippen LogP contribution in [0.4, 0.5) is 11.5 Å². The van der Waals surface area contributed by atoms with E-state index >= 15 is 0 Å². The van der Waals surface area contributed by atoms with Crippen molar-refractivity contribution in [3.8, 4) is 6.07 Å². The first kappa shape index (κ1) is 10.2. The number of pyridine rings is 1. The third kappa shape index (κ3) is 1.90. The number of nitrogen functional groups attached to an aromatic ring is 1. The summed E-state index contributed by atoms with van der Waals surface area (Å²) in [4.78, 5) is 4.19. The molecule has 0 bridgehead atoms. The van der Waals surface area contributed by atoms with Crippen LogP contribution in [0.25, 0.3) is 0 Å². The second-order valence-corrected chi connectivity index (χ2v) is 4.49. The molecule has 3 N–H and O–H groups in total. The van der Waals surface area contributed by atoms with E-state index in [1.807, 2.05) is 13.0 Å². The van der Waals surface area contributed by atoms with Gasteiger partial charge in [-0.15, -0.1) is 0 Å². The van der Waals surface area contributed by atoms with E-state index in [9.17, 15) is 0 Å². The van der Waals surface area contributed by atoms with Gasteiger partial charge in [-0.3, -0.25) is 0 Å². The summed E-state index contributed by atoms with van der Waals surface area (Å²) < 4.78 is 0.684. The molecule has 1 aromatic rings. The molecule has 0 spiro atoms. The van der Waals surface area contributed by atoms with Gasteiger partial charge in [-0.05, 0) is 41.3 Å². The van der Waals surface area contributed by atoms with E-state index in [1.54, 1.807) is 0 Å². The maximum Gasteiger partial charge on any atom is 0.157 e. The van der Waals surface area contributed by atoms with Gasteiger partial charge < -0.3 is 11.1 Å². The summed E-state index contributed by atoms with van der Waals surface area (Å²) in [5, 5.41) is 12.1. The van der Waals surface area contributed by atoms with E-state index in [1.165, 1.54) is 0 Å². The zero-order chi connectivity index (χ0) is 11.0. The number of nitrogens with one attached hydrogen (secondary N) is 1. The first-order valence-electron chi connectivity index (χ1n) is 4.75. The Morgan fingerprint density at radius 3 is 2.80 bits per heavy atom. The lowest BCUT2D eigenvalue weighted by Crippen LogP contribution is -2.09. The fraction of sp³-hybridized carbons (Fsp3) is 0.400. The molecule has 0 unspecified atom stereocenters. The van der Waals surface area contributed by atoms with Gasteiger partial charge in [0.2, 0.25) is 0 Å². The highest BCUT2D eigenvalue weighted by atomic mass is 79.9. The van der Waals surface area contributed by atoms with Gasteiger partial charge in [-0.1, -0.05) is 0 Å². The lowest BCUT2D eigenvalue weighted by atomic mass is 10.2. The molecule has 15 heavy (non-hydrogen) atoms. The molecule has 4 nitrogen and oxygen atoms in total. The van der Waals surface area contributed by atoms with Gasteiger partial charge >= 0.3 is 0 Å². The van der Waals surface area contributed by atoms with E-state index in [0.717, 1.165) is 18.4 Å². The molecule has 0 saturated heterocycles. The molecule has 1 aliphatic rings. The monoisotopic (exact) mass is 266 g/mol. The van der Waals surface area contributed by atoms with Gasteiger partial charge in [0, 0.05) is 6.04 Å². The van der Waals surface area contributed by atoms with Crippen molar-refractivity contribution in [3.63, 3.8) is 0 Å². The molecule has 0 radical (unpaired) electrons. The summed E-state index contributed by atoms with van der Waals surface area (Å²) in [6.07, 6.45) is 2.30. The molecular weight excluding hydrogens is 256 g/mol. The van der Waals surface area contributed by atoms with E-state index in [2.05, 4.69) is 26.2 Å². The summed E-state index contributed by atoms with van der Waals surface area (Å²) in [6, 6.07) is 2.52. The Balaban J connectivity index is 2.45. The van der Waals surface area contributed by atoms with Crippen LogP contribution in [-0.4, -0.2) is 11.0 Å². The molecule has 78 valence electrons. The number of nitriles is 1. The third-order valence-corrected chi connectivity index (χ3v) is 3.41. The minimum atomic E-state index is 0.379. The summed E-state index contributed by atoms with van der Waals surface area (Å²) in [5.74, 6) is 0.634. The average Bonchev–Trinajstić information content (AvgIpc) is 3.03. The second-order valence-electron chi connectivity index (χ2n) is 3.69. The van der Waals surface area contributed by atoms with Crippen LogP contribution >= 0.6 is 15.9 Å². The van der Waals surface area contributed by atoms with Crippen LogP contribution in [0.5, 0.6) is 0 Å². The Kier molecular flexibility index (Phi) is 2.53. The Labute approximate surface area is 96.6 Å². The first-order valence-corrected chi connectivity index (χ1v) is 5.55. The predicted octanol–water partition coefficient (Wildman–Crippen LogP) is 2.18. The lowest BCUT2D eigenvalue weighted by molar-refractivity contribution is 1.10. The average molecular weight is 267 g/mol. The van der Waals surface area contributed by atoms with Crippen molar-refractivity contribution in [2.24, 2.45) is 0 Å². The summed E-state index contributed by atoms with van der Waals surface area (Å²) in [5.41, 5.74) is 7.78. The van der Waals surface area contributed by atoms with Crippen LogP contribution in [0, 0.1) is 18.3 Å². The van der Waals surface area contributed by atoms with Gasteiger partial charge in [-0.2, -0.15) is 5.26 Å². The zero-order valence-corrected chi connectivity index (χ0v) is 9.93. The Morgan fingerprint density at radius 1 is 1.60 bits per heavy atom. The van der Waals surface area contributed by atoms with E-state index in [4.69, 9.17) is 11.0 Å². The molecule has 5 heteroatoms. The Hall–Kier alpha value is -1.28. The molecule has 1 aliphatic carbocycles. The molecule has 0 atom stereocenters. The van der Waals surface area contributed by atoms with Crippen molar-refractivity contribution in [1.82, 2.24) is 4.98 Å². The van der Waals surface area contributed by atoms with Gasteiger partial charge in [0.15, 0.2) is 11.5 Å². The number of aromatic nitrogens is 1. The summed E-state index contributed by atoms with van der Waals surface area (Å²) >= 11 is 3.31. The van der Waals surface area contributed by atoms with Crippen LogP contribution in [0.2, 0.25) is 0 Å². The maximum absolute atomic E-state index is 8.90. The normalized spacial score (nSPS) is 14.7. The molecule has 1 aromatic heterocycles. The van der Waals surface area contributed by atoms with Gasteiger partial charge in [0.1, 0.15) is 6.07 Å². The maximum atomic E-state index is 8.90. The van der Waals surface area contributed by atoms with E-state index < -0.39 is 0 Å². The van der Waals surface area contributed by atoms with Crippen molar-refractivity contribution >= 4 is 27.4 Å². The molecule has 1 saturated carbocycles. The number of nitrogens with zero attached hydrogens (tertiary/aromatic N) is 2. The van der Waals surface area contributed by atoms with Crippen molar-refractivity contribution in [2.45, 2.75) is 25.8 Å². The predicted molar refractivity (Wildman–Crippen MR) is 62.4 cm³/mol. The van der Waals surface area contributed by atoms with Gasteiger partial charge in [-0.25, -0.2) is 4.98 Å². The van der Waals surface area contributed by atoms with E-state index in [0.29, 0.717) is 27.7 Å². The third-order valence-electron chi connectivity index (χ3n) is 2.44. The SMILES string of the molecule is Cc1c(N)c(NC2CC2)nc(C#N)c1Br. The van der Waals surface area contributed by atoms with Gasteiger partial charge in [0.05, 0.1) is 10.2 Å².